The van der Waals surface area contributed by atoms with E-state index < -0.39 is 0 Å². The van der Waals surface area contributed by atoms with Gasteiger partial charge in [0.25, 0.3) is 5.91 Å². The summed E-state index contributed by atoms with van der Waals surface area (Å²) >= 11 is 2.91. The zero-order valence-electron chi connectivity index (χ0n) is 13.3. The molecule has 0 saturated carbocycles. The lowest BCUT2D eigenvalue weighted by atomic mass is 10.3. The zero-order chi connectivity index (χ0) is 17.2. The number of hydrogen-bond donors (Lipinski definition) is 2. The SMILES string of the molecule is Cc1cc(CNC(=O)c2cc3sc(Nc4ccccc4)nc3s2)no1. The van der Waals surface area contributed by atoms with Crippen LogP contribution in [0.25, 0.3) is 9.53 Å². The standard InChI is InChI=1S/C17H14N4O2S2/c1-10-7-12(21-23-10)9-18-15(22)13-8-14-16(24-13)20-17(25-14)19-11-5-3-2-4-6-11/h2-8H,9H2,1H3,(H,18,22)(H,19,20). The number of para-hydroxylation sites is 1. The molecule has 3 heterocycles. The van der Waals surface area contributed by atoms with Gasteiger partial charge in [-0.3, -0.25) is 4.79 Å². The van der Waals surface area contributed by atoms with Gasteiger partial charge >= 0.3 is 0 Å². The Bertz CT molecular complexity index is 988. The van der Waals surface area contributed by atoms with Crippen molar-refractivity contribution in [3.8, 4) is 0 Å². The average Bonchev–Trinajstić information content (AvgIpc) is 3.28. The number of aromatic nitrogens is 2. The lowest BCUT2D eigenvalue weighted by Gasteiger charge is -2.01. The van der Waals surface area contributed by atoms with Gasteiger partial charge < -0.3 is 15.2 Å². The third kappa shape index (κ3) is 3.54. The number of nitrogens with zero attached hydrogens (tertiary/aromatic N) is 2. The van der Waals surface area contributed by atoms with Crippen molar-refractivity contribution < 1.29 is 9.32 Å². The van der Waals surface area contributed by atoms with E-state index >= 15 is 0 Å². The number of carbonyl (C=O) groups excluding carboxylic acids is 1. The van der Waals surface area contributed by atoms with Gasteiger partial charge in [-0.25, -0.2) is 4.98 Å². The summed E-state index contributed by atoms with van der Waals surface area (Å²) in [4.78, 5) is 18.3. The molecule has 1 amide bonds. The van der Waals surface area contributed by atoms with Crippen molar-refractivity contribution >= 4 is 48.9 Å². The molecular weight excluding hydrogens is 356 g/mol. The molecule has 25 heavy (non-hydrogen) atoms. The van der Waals surface area contributed by atoms with Crippen LogP contribution in [-0.4, -0.2) is 16.0 Å². The van der Waals surface area contributed by atoms with Crippen molar-refractivity contribution in [3.63, 3.8) is 0 Å². The summed E-state index contributed by atoms with van der Waals surface area (Å²) in [6.45, 7) is 2.16. The number of carbonyl (C=O) groups is 1. The molecular formula is C17H14N4O2S2. The smallest absolute Gasteiger partial charge is 0.261 e. The molecule has 0 spiro atoms. The van der Waals surface area contributed by atoms with Crippen molar-refractivity contribution in [2.45, 2.75) is 13.5 Å². The Morgan fingerprint density at radius 3 is 2.76 bits per heavy atom. The number of thiazole rings is 1. The lowest BCUT2D eigenvalue weighted by molar-refractivity contribution is 0.0954. The third-order valence-electron chi connectivity index (χ3n) is 3.45. The molecule has 0 aliphatic heterocycles. The quantitative estimate of drug-likeness (QED) is 0.547. The lowest BCUT2D eigenvalue weighted by Crippen LogP contribution is -2.21. The van der Waals surface area contributed by atoms with E-state index in [0.29, 0.717) is 17.1 Å². The number of fused-ring (bicyclic) bond motifs is 1. The second-order valence-corrected chi connectivity index (χ2v) is 7.46. The first-order valence-corrected chi connectivity index (χ1v) is 9.23. The molecule has 0 bridgehead atoms. The largest absolute Gasteiger partial charge is 0.361 e. The normalized spacial score (nSPS) is 10.9. The molecule has 4 aromatic rings. The molecule has 8 heteroatoms. The monoisotopic (exact) mass is 370 g/mol. The van der Waals surface area contributed by atoms with Gasteiger partial charge in [-0.2, -0.15) is 0 Å². The van der Waals surface area contributed by atoms with Crippen LogP contribution >= 0.6 is 22.7 Å². The molecule has 0 aliphatic rings. The molecule has 0 fully saturated rings. The number of thiophene rings is 1. The summed E-state index contributed by atoms with van der Waals surface area (Å²) in [5, 5.41) is 10.8. The van der Waals surface area contributed by atoms with Crippen molar-refractivity contribution in [3.05, 3.63) is 58.8 Å². The molecule has 3 aromatic heterocycles. The Hall–Kier alpha value is -2.71. The molecule has 0 atom stereocenters. The molecule has 0 unspecified atom stereocenters. The Balaban J connectivity index is 1.44. The minimum Gasteiger partial charge on any atom is -0.361 e. The van der Waals surface area contributed by atoms with Crippen LogP contribution in [0.1, 0.15) is 21.1 Å². The van der Waals surface area contributed by atoms with Crippen molar-refractivity contribution in [1.29, 1.82) is 0 Å². The van der Waals surface area contributed by atoms with E-state index in [0.717, 1.165) is 26.1 Å². The maximum atomic E-state index is 12.3. The molecule has 1 aromatic carbocycles. The van der Waals surface area contributed by atoms with Crippen LogP contribution in [-0.2, 0) is 6.54 Å². The first-order chi connectivity index (χ1) is 12.2. The Kier molecular flexibility index (Phi) is 4.21. The highest BCUT2D eigenvalue weighted by atomic mass is 32.1. The van der Waals surface area contributed by atoms with E-state index in [1.807, 2.05) is 43.3 Å². The fourth-order valence-corrected chi connectivity index (χ4v) is 4.36. The van der Waals surface area contributed by atoms with Crippen LogP contribution in [0, 0.1) is 6.92 Å². The van der Waals surface area contributed by atoms with Gasteiger partial charge in [0.05, 0.1) is 16.1 Å². The second kappa shape index (κ2) is 6.66. The summed E-state index contributed by atoms with van der Waals surface area (Å²) in [5.74, 6) is 0.594. The van der Waals surface area contributed by atoms with Crippen LogP contribution in [0.5, 0.6) is 0 Å². The molecule has 0 saturated heterocycles. The Morgan fingerprint density at radius 1 is 1.20 bits per heavy atom. The summed E-state index contributed by atoms with van der Waals surface area (Å²) in [6, 6.07) is 13.6. The highest BCUT2D eigenvalue weighted by molar-refractivity contribution is 7.29. The number of amides is 1. The van der Waals surface area contributed by atoms with Gasteiger partial charge in [0.15, 0.2) is 5.13 Å². The molecule has 2 N–H and O–H groups in total. The summed E-state index contributed by atoms with van der Waals surface area (Å²) < 4.78 is 5.98. The first kappa shape index (κ1) is 15.8. The van der Waals surface area contributed by atoms with Gasteiger partial charge in [-0.05, 0) is 25.1 Å². The molecule has 0 radical (unpaired) electrons. The van der Waals surface area contributed by atoms with Crippen molar-refractivity contribution in [1.82, 2.24) is 15.5 Å². The van der Waals surface area contributed by atoms with E-state index in [1.165, 1.54) is 22.7 Å². The minimum atomic E-state index is -0.131. The maximum Gasteiger partial charge on any atom is 0.261 e. The van der Waals surface area contributed by atoms with Crippen LogP contribution in [0.4, 0.5) is 10.8 Å². The van der Waals surface area contributed by atoms with E-state index in [4.69, 9.17) is 4.52 Å². The van der Waals surface area contributed by atoms with Gasteiger partial charge in [-0.15, -0.1) is 11.3 Å². The second-order valence-electron chi connectivity index (χ2n) is 5.40. The number of anilines is 2. The fraction of sp³-hybridized carbons (Fsp3) is 0.118. The van der Waals surface area contributed by atoms with Crippen LogP contribution in [0.3, 0.4) is 0 Å². The molecule has 4 rings (SSSR count). The van der Waals surface area contributed by atoms with Gasteiger partial charge in [-0.1, -0.05) is 34.7 Å². The first-order valence-electron chi connectivity index (χ1n) is 7.60. The average molecular weight is 370 g/mol. The predicted octanol–water partition coefficient (Wildman–Crippen LogP) is 4.33. The topological polar surface area (TPSA) is 80.0 Å². The van der Waals surface area contributed by atoms with Crippen LogP contribution < -0.4 is 10.6 Å². The highest BCUT2D eigenvalue weighted by Gasteiger charge is 2.14. The fourth-order valence-electron chi connectivity index (χ4n) is 2.30. The summed E-state index contributed by atoms with van der Waals surface area (Å²) in [5.41, 5.74) is 1.70. The van der Waals surface area contributed by atoms with Crippen LogP contribution in [0.2, 0.25) is 0 Å². The minimum absolute atomic E-state index is 0.131. The van der Waals surface area contributed by atoms with Gasteiger partial charge in [0.1, 0.15) is 16.3 Å². The van der Waals surface area contributed by atoms with Crippen molar-refractivity contribution in [2.24, 2.45) is 0 Å². The Labute approximate surface area is 151 Å². The zero-order valence-corrected chi connectivity index (χ0v) is 14.9. The summed E-state index contributed by atoms with van der Waals surface area (Å²) in [7, 11) is 0. The molecule has 126 valence electrons. The number of aryl methyl sites for hydroxylation is 1. The summed E-state index contributed by atoms with van der Waals surface area (Å²) in [6.07, 6.45) is 0. The van der Waals surface area contributed by atoms with E-state index in [1.54, 1.807) is 6.07 Å². The number of rotatable bonds is 5. The predicted molar refractivity (Wildman–Crippen MR) is 99.6 cm³/mol. The number of nitrogens with one attached hydrogen (secondary N) is 2. The Morgan fingerprint density at radius 2 is 2.04 bits per heavy atom. The maximum absolute atomic E-state index is 12.3. The molecule has 0 aliphatic carbocycles. The molecule has 6 nitrogen and oxygen atoms in total. The highest BCUT2D eigenvalue weighted by Crippen LogP contribution is 2.34. The third-order valence-corrected chi connectivity index (χ3v) is 5.52. The van der Waals surface area contributed by atoms with Crippen molar-refractivity contribution in [2.75, 3.05) is 5.32 Å². The number of benzene rings is 1. The van der Waals surface area contributed by atoms with E-state index in [9.17, 15) is 4.79 Å². The van der Waals surface area contributed by atoms with E-state index in [2.05, 4.69) is 20.8 Å². The van der Waals surface area contributed by atoms with Gasteiger partial charge in [0.2, 0.25) is 0 Å². The van der Waals surface area contributed by atoms with Crippen LogP contribution in [0.15, 0.2) is 47.0 Å². The number of hydrogen-bond acceptors (Lipinski definition) is 7. The van der Waals surface area contributed by atoms with E-state index in [-0.39, 0.29) is 5.91 Å². The van der Waals surface area contributed by atoms with Gasteiger partial charge in [0, 0.05) is 11.8 Å².